The van der Waals surface area contributed by atoms with Crippen LogP contribution in [0.1, 0.15) is 68.1 Å². The molecule has 1 amide bonds. The maximum atomic E-state index is 12.7. The van der Waals surface area contributed by atoms with Gasteiger partial charge in [-0.1, -0.05) is 13.8 Å². The molecule has 2 fully saturated rings. The number of nitrogens with one attached hydrogen (secondary N) is 1. The molecule has 24 heavy (non-hydrogen) atoms. The number of aliphatic hydroxyl groups is 1. The van der Waals surface area contributed by atoms with Crippen molar-refractivity contribution >= 4 is 5.91 Å². The number of hydrogen-bond donors (Lipinski definition) is 2. The number of rotatable bonds is 4. The van der Waals surface area contributed by atoms with E-state index in [1.807, 2.05) is 11.0 Å². The Labute approximate surface area is 144 Å². The summed E-state index contributed by atoms with van der Waals surface area (Å²) in [6.45, 7) is 8.39. The molecular weight excluding hydrogens is 304 g/mol. The minimum Gasteiger partial charge on any atom is -0.388 e. The van der Waals surface area contributed by atoms with Crippen molar-refractivity contribution in [2.75, 3.05) is 32.7 Å². The van der Waals surface area contributed by atoms with E-state index in [4.69, 9.17) is 0 Å². The van der Waals surface area contributed by atoms with Gasteiger partial charge in [0.25, 0.3) is 5.91 Å². The molecular formula is C18H30N4O2. The minimum atomic E-state index is -0.659. The number of β-amino-alcohol motifs (C(OH)–C–C–N with tert-alkyl or cyclic N) is 1. The predicted molar refractivity (Wildman–Crippen MR) is 93.1 cm³/mol. The highest BCUT2D eigenvalue weighted by Crippen LogP contribution is 2.26. The standard InChI is InChI=1S/C18H30N4O2/c1-14(2)15-12-16(20-19-15)17(23)22-10-5-6-18(24,7-11-22)13-21-8-3-4-9-21/h12,14,24H,3-11,13H2,1-2H3,(H,19,20)/t18-/m0/s1. The van der Waals surface area contributed by atoms with Gasteiger partial charge in [0.1, 0.15) is 5.69 Å². The fraction of sp³-hybridized carbons (Fsp3) is 0.778. The smallest absolute Gasteiger partial charge is 0.274 e. The average Bonchev–Trinajstić information content (AvgIpc) is 3.18. The van der Waals surface area contributed by atoms with Crippen molar-refractivity contribution in [1.82, 2.24) is 20.0 Å². The summed E-state index contributed by atoms with van der Waals surface area (Å²) in [7, 11) is 0. The quantitative estimate of drug-likeness (QED) is 0.883. The number of nitrogens with zero attached hydrogens (tertiary/aromatic N) is 3. The molecule has 3 rings (SSSR count). The van der Waals surface area contributed by atoms with Crippen LogP contribution in [0.4, 0.5) is 0 Å². The monoisotopic (exact) mass is 334 g/mol. The molecule has 0 radical (unpaired) electrons. The van der Waals surface area contributed by atoms with Crippen LogP contribution >= 0.6 is 0 Å². The van der Waals surface area contributed by atoms with E-state index < -0.39 is 5.60 Å². The van der Waals surface area contributed by atoms with E-state index >= 15 is 0 Å². The Hall–Kier alpha value is -1.40. The number of H-pyrrole nitrogens is 1. The van der Waals surface area contributed by atoms with Gasteiger partial charge in [-0.05, 0) is 57.2 Å². The number of likely N-dealkylation sites (tertiary alicyclic amines) is 2. The predicted octanol–water partition coefficient (Wildman–Crippen LogP) is 1.99. The highest BCUT2D eigenvalue weighted by molar-refractivity contribution is 5.92. The molecule has 3 heterocycles. The van der Waals surface area contributed by atoms with Gasteiger partial charge in [-0.3, -0.25) is 9.89 Å². The van der Waals surface area contributed by atoms with E-state index in [2.05, 4.69) is 28.9 Å². The third-order valence-electron chi connectivity index (χ3n) is 5.36. The lowest BCUT2D eigenvalue weighted by atomic mass is 9.94. The molecule has 1 aromatic heterocycles. The molecule has 2 aliphatic heterocycles. The van der Waals surface area contributed by atoms with Crippen molar-refractivity contribution in [2.24, 2.45) is 0 Å². The molecule has 1 atom stereocenters. The van der Waals surface area contributed by atoms with Gasteiger partial charge in [0.05, 0.1) is 5.60 Å². The lowest BCUT2D eigenvalue weighted by molar-refractivity contribution is -0.00291. The zero-order valence-electron chi connectivity index (χ0n) is 14.9. The van der Waals surface area contributed by atoms with Gasteiger partial charge in [0.2, 0.25) is 0 Å². The summed E-state index contributed by atoms with van der Waals surface area (Å²) in [5, 5.41) is 18.1. The minimum absolute atomic E-state index is 0.0245. The number of carbonyl (C=O) groups excluding carboxylic acids is 1. The van der Waals surface area contributed by atoms with E-state index in [1.165, 1.54) is 12.8 Å². The maximum absolute atomic E-state index is 12.7. The average molecular weight is 334 g/mol. The summed E-state index contributed by atoms with van der Waals surface area (Å²) >= 11 is 0. The molecule has 2 aliphatic rings. The van der Waals surface area contributed by atoms with Crippen LogP contribution in [-0.2, 0) is 0 Å². The van der Waals surface area contributed by atoms with Gasteiger partial charge in [0, 0.05) is 25.3 Å². The van der Waals surface area contributed by atoms with Gasteiger partial charge in [-0.25, -0.2) is 0 Å². The zero-order valence-corrected chi connectivity index (χ0v) is 14.9. The van der Waals surface area contributed by atoms with Crippen molar-refractivity contribution in [1.29, 1.82) is 0 Å². The highest BCUT2D eigenvalue weighted by atomic mass is 16.3. The molecule has 2 saturated heterocycles. The molecule has 0 aliphatic carbocycles. The van der Waals surface area contributed by atoms with Crippen LogP contribution in [0.3, 0.4) is 0 Å². The summed E-state index contributed by atoms with van der Waals surface area (Å²) in [6.07, 6.45) is 4.73. The first kappa shape index (κ1) is 17.4. The number of amides is 1. The number of aromatic amines is 1. The lowest BCUT2D eigenvalue weighted by Crippen LogP contribution is -2.43. The molecule has 0 saturated carbocycles. The molecule has 0 bridgehead atoms. The first-order chi connectivity index (χ1) is 11.5. The molecule has 6 nitrogen and oxygen atoms in total. The van der Waals surface area contributed by atoms with Crippen LogP contribution in [0, 0.1) is 0 Å². The van der Waals surface area contributed by atoms with Crippen LogP contribution < -0.4 is 0 Å². The van der Waals surface area contributed by atoms with E-state index in [-0.39, 0.29) is 5.91 Å². The van der Waals surface area contributed by atoms with Crippen LogP contribution in [0.15, 0.2) is 6.07 Å². The second kappa shape index (κ2) is 7.23. The Morgan fingerprint density at radius 3 is 2.67 bits per heavy atom. The van der Waals surface area contributed by atoms with Gasteiger partial charge in [0.15, 0.2) is 0 Å². The van der Waals surface area contributed by atoms with Crippen LogP contribution in [-0.4, -0.2) is 69.3 Å². The van der Waals surface area contributed by atoms with E-state index in [1.54, 1.807) is 0 Å². The summed E-state index contributed by atoms with van der Waals surface area (Å²) in [6, 6.07) is 1.86. The summed E-state index contributed by atoms with van der Waals surface area (Å²) < 4.78 is 0. The van der Waals surface area contributed by atoms with Gasteiger partial charge in [-0.2, -0.15) is 5.10 Å². The molecule has 0 spiro atoms. The van der Waals surface area contributed by atoms with Crippen LogP contribution in [0.2, 0.25) is 0 Å². The Kier molecular flexibility index (Phi) is 5.25. The Bertz CT molecular complexity index is 565. The second-order valence-corrected chi connectivity index (χ2v) is 7.72. The summed E-state index contributed by atoms with van der Waals surface area (Å²) in [5.41, 5.74) is 0.816. The first-order valence-corrected chi connectivity index (χ1v) is 9.26. The summed E-state index contributed by atoms with van der Waals surface area (Å²) in [4.78, 5) is 16.9. The van der Waals surface area contributed by atoms with Gasteiger partial charge >= 0.3 is 0 Å². The third kappa shape index (κ3) is 3.98. The van der Waals surface area contributed by atoms with Crippen molar-refractivity contribution < 1.29 is 9.90 Å². The Balaban J connectivity index is 1.60. The first-order valence-electron chi connectivity index (χ1n) is 9.26. The largest absolute Gasteiger partial charge is 0.388 e. The molecule has 1 aromatic rings. The van der Waals surface area contributed by atoms with Crippen molar-refractivity contribution in [3.05, 3.63) is 17.5 Å². The molecule has 2 N–H and O–H groups in total. The van der Waals surface area contributed by atoms with Gasteiger partial charge < -0.3 is 14.9 Å². The second-order valence-electron chi connectivity index (χ2n) is 7.72. The van der Waals surface area contributed by atoms with Crippen LogP contribution in [0.5, 0.6) is 0 Å². The fourth-order valence-electron chi connectivity index (χ4n) is 3.80. The summed E-state index contributed by atoms with van der Waals surface area (Å²) in [5.74, 6) is 0.303. The third-order valence-corrected chi connectivity index (χ3v) is 5.36. The zero-order chi connectivity index (χ0) is 17.2. The highest BCUT2D eigenvalue weighted by Gasteiger charge is 2.34. The van der Waals surface area contributed by atoms with Crippen molar-refractivity contribution in [2.45, 2.75) is 57.5 Å². The molecule has 0 aromatic carbocycles. The Morgan fingerprint density at radius 2 is 2.00 bits per heavy atom. The normalized spacial score (nSPS) is 26.1. The number of aromatic nitrogens is 2. The van der Waals surface area contributed by atoms with Crippen molar-refractivity contribution in [3.63, 3.8) is 0 Å². The molecule has 6 heteroatoms. The van der Waals surface area contributed by atoms with E-state index in [0.717, 1.165) is 38.2 Å². The van der Waals surface area contributed by atoms with Gasteiger partial charge in [-0.15, -0.1) is 0 Å². The van der Waals surface area contributed by atoms with Crippen LogP contribution in [0.25, 0.3) is 0 Å². The maximum Gasteiger partial charge on any atom is 0.274 e. The molecule has 0 unspecified atom stereocenters. The molecule has 134 valence electrons. The SMILES string of the molecule is CC(C)c1cc(C(=O)N2CCC[C@@](O)(CN3CCCC3)CC2)n[nH]1. The Morgan fingerprint density at radius 1 is 1.25 bits per heavy atom. The fourth-order valence-corrected chi connectivity index (χ4v) is 3.80. The number of hydrogen-bond acceptors (Lipinski definition) is 4. The number of carbonyl (C=O) groups is 1. The lowest BCUT2D eigenvalue weighted by Gasteiger charge is -2.31. The van der Waals surface area contributed by atoms with Crippen molar-refractivity contribution in [3.8, 4) is 0 Å². The topological polar surface area (TPSA) is 72.5 Å². The van der Waals surface area contributed by atoms with E-state index in [0.29, 0.717) is 31.1 Å². The van der Waals surface area contributed by atoms with E-state index in [9.17, 15) is 9.90 Å².